The Morgan fingerprint density at radius 2 is 1.17 bits per heavy atom. The summed E-state index contributed by atoms with van der Waals surface area (Å²) < 4.78 is 155. The summed E-state index contributed by atoms with van der Waals surface area (Å²) in [5.41, 5.74) is 0. The van der Waals surface area contributed by atoms with E-state index >= 15 is 8.78 Å². The van der Waals surface area contributed by atoms with Crippen LogP contribution in [0.1, 0.15) is 182 Å². The van der Waals surface area contributed by atoms with Gasteiger partial charge >= 0.3 is 18.5 Å². The predicted octanol–water partition coefficient (Wildman–Crippen LogP) is 16.1. The fraction of sp³-hybridized carbons (Fsp3) is 1.00. The third-order valence-electron chi connectivity index (χ3n) is 10.6. The smallest absolute Gasteiger partial charge is 0.327 e. The predicted molar refractivity (Wildman–Crippen MR) is 226 cm³/mol. The van der Waals surface area contributed by atoms with Crippen LogP contribution in [-0.4, -0.2) is 74.7 Å². The Bertz CT molecular complexity index is 1090. The van der Waals surface area contributed by atoms with Crippen LogP contribution in [0.5, 0.6) is 0 Å². The lowest BCUT2D eigenvalue weighted by Crippen LogP contribution is -2.54. The first kappa shape index (κ1) is 56.3. The second kappa shape index (κ2) is 26.8. The summed E-state index contributed by atoms with van der Waals surface area (Å²) in [5.74, 6) is -3.72. The van der Waals surface area contributed by atoms with E-state index in [1.165, 1.54) is 6.92 Å². The Hall–Kier alpha value is 0.250. The number of rotatable bonds is 34. The lowest BCUT2D eigenvalue weighted by Gasteiger charge is -2.75. The molecule has 2 unspecified atom stereocenters. The van der Waals surface area contributed by atoms with Crippen LogP contribution in [0.4, 0.5) is 35.1 Å². The Balaban J connectivity index is 4.10. The van der Waals surface area contributed by atoms with E-state index in [-0.39, 0.29) is 29.8 Å². The highest BCUT2D eigenvalue weighted by Crippen LogP contribution is 3.07. The summed E-state index contributed by atoms with van der Waals surface area (Å²) >= 11 is 0. The van der Waals surface area contributed by atoms with E-state index in [9.17, 15) is 26.3 Å². The van der Waals surface area contributed by atoms with E-state index < -0.39 is 69.0 Å². The highest BCUT2D eigenvalue weighted by atomic mass is 33.6. The molecule has 0 bridgehead atoms. The van der Waals surface area contributed by atoms with Crippen molar-refractivity contribution in [2.45, 2.75) is 213 Å². The molecule has 1 saturated carbocycles. The Labute approximate surface area is 352 Å². The van der Waals surface area contributed by atoms with Gasteiger partial charge in [0.15, 0.2) is 6.61 Å². The van der Waals surface area contributed by atoms with Crippen LogP contribution in [-0.2, 0) is 26.8 Å². The standard InChI is InChI=1S/C41H78F8O6S3/c1-7-12-15-17-22-26-32-51-39(50-31-25-21-16-13-8-2,54-37-28-23-19-18-20-24-29-37)30-33-58(56-6,57-11-5,53-35-38(42,43)44,55-41(48,49)40(45,46)47)52-34-36(10-4)27-14-9-3/h36-37H,7-35H2,1-6H3. The van der Waals surface area contributed by atoms with Gasteiger partial charge in [-0.15, -0.1) is 0 Å². The Morgan fingerprint density at radius 3 is 1.64 bits per heavy atom. The van der Waals surface area contributed by atoms with Crippen molar-refractivity contribution in [3.05, 3.63) is 0 Å². The van der Waals surface area contributed by atoms with Crippen molar-refractivity contribution in [3.63, 3.8) is 0 Å². The van der Waals surface area contributed by atoms with Crippen LogP contribution in [0.2, 0.25) is 0 Å². The molecule has 0 N–H and O–H groups in total. The molecule has 1 fully saturated rings. The second-order valence-corrected chi connectivity index (χ2v) is 27.6. The van der Waals surface area contributed by atoms with Crippen LogP contribution in [0.15, 0.2) is 0 Å². The highest BCUT2D eigenvalue weighted by Gasteiger charge is 2.75. The maximum absolute atomic E-state index is 15.8. The summed E-state index contributed by atoms with van der Waals surface area (Å²) in [6.45, 7) is 6.89. The molecule has 0 heterocycles. The zero-order valence-electron chi connectivity index (χ0n) is 36.4. The largest absolute Gasteiger partial charge is 0.484 e. The maximum atomic E-state index is 15.8. The van der Waals surface area contributed by atoms with Crippen molar-refractivity contribution < 1.29 is 61.9 Å². The maximum Gasteiger partial charge on any atom is 0.484 e. The van der Waals surface area contributed by atoms with Gasteiger partial charge < -0.3 is 14.2 Å². The molecule has 0 aromatic heterocycles. The molecule has 1 aliphatic rings. The molecule has 0 spiro atoms. The van der Waals surface area contributed by atoms with Gasteiger partial charge in [-0.3, -0.25) is 8.37 Å². The van der Waals surface area contributed by atoms with Gasteiger partial charge in [-0.1, -0.05) is 165 Å². The zero-order valence-corrected chi connectivity index (χ0v) is 38.8. The SMILES string of the molecule is CCCCCCCCOC(CCS(OCC(CC)CCCC)(OCC(F)(F)F)(OC(F)(F)C(F)(F)F)(SC)SCC)(OCCCCCCC)OC1CCCCCCC1. The molecule has 0 radical (unpaired) electrons. The van der Waals surface area contributed by atoms with Crippen molar-refractivity contribution in [2.24, 2.45) is 5.92 Å². The normalized spacial score (nSPS) is 18.3. The average Bonchev–Trinajstić information content (AvgIpc) is 3.15. The molecule has 1 aliphatic carbocycles. The summed E-state index contributed by atoms with van der Waals surface area (Å²) in [7, 11) is -6.24. The molecule has 0 aliphatic heterocycles. The van der Waals surface area contributed by atoms with E-state index in [0.717, 1.165) is 103 Å². The summed E-state index contributed by atoms with van der Waals surface area (Å²) in [4.78, 5) is 0. The van der Waals surface area contributed by atoms with Crippen LogP contribution >= 0.6 is 28.8 Å². The Morgan fingerprint density at radius 1 is 0.655 bits per heavy atom. The van der Waals surface area contributed by atoms with Gasteiger partial charge in [-0.25, -0.2) is 4.18 Å². The summed E-state index contributed by atoms with van der Waals surface area (Å²) in [5, 5.41) is 0. The van der Waals surface area contributed by atoms with Gasteiger partial charge in [0.25, 0.3) is 5.97 Å². The van der Waals surface area contributed by atoms with Crippen LogP contribution in [0.3, 0.4) is 0 Å². The number of ether oxygens (including phenoxy) is 3. The fourth-order valence-corrected chi connectivity index (χ4v) is 18.6. The zero-order chi connectivity index (χ0) is 43.7. The lowest BCUT2D eigenvalue weighted by atomic mass is 9.98. The van der Waals surface area contributed by atoms with Crippen molar-refractivity contribution in [1.29, 1.82) is 0 Å². The van der Waals surface area contributed by atoms with E-state index in [0.29, 0.717) is 55.7 Å². The van der Waals surface area contributed by atoms with Gasteiger partial charge in [-0.2, -0.15) is 35.1 Å². The van der Waals surface area contributed by atoms with Crippen molar-refractivity contribution >= 4 is 28.8 Å². The minimum atomic E-state index is -6.79. The molecule has 17 heteroatoms. The van der Waals surface area contributed by atoms with Gasteiger partial charge in [0.1, 0.15) is 0 Å². The number of hydrogen-bond donors (Lipinski definition) is 0. The van der Waals surface area contributed by atoms with Gasteiger partial charge in [0.05, 0.1) is 25.9 Å². The molecular formula is C41H78F8O6S3. The highest BCUT2D eigenvalue weighted by molar-refractivity contribution is 9.36. The summed E-state index contributed by atoms with van der Waals surface area (Å²) in [6.07, 6.45) is 0.741. The molecule has 352 valence electrons. The second-order valence-electron chi connectivity index (χ2n) is 15.6. The molecule has 0 saturated heterocycles. The molecular weight excluding hydrogens is 837 g/mol. The monoisotopic (exact) mass is 914 g/mol. The van der Waals surface area contributed by atoms with Crippen LogP contribution in [0.25, 0.3) is 0 Å². The molecule has 0 aromatic rings. The average molecular weight is 915 g/mol. The minimum absolute atomic E-state index is 0.1000. The third-order valence-corrected chi connectivity index (χ3v) is 24.6. The minimum Gasteiger partial charge on any atom is -0.327 e. The molecule has 1 rings (SSSR count). The van der Waals surface area contributed by atoms with E-state index in [4.69, 9.17) is 26.8 Å². The van der Waals surface area contributed by atoms with E-state index in [2.05, 4.69) is 13.8 Å². The first-order valence-corrected chi connectivity index (χ1v) is 27.7. The first-order chi connectivity index (χ1) is 27.3. The summed E-state index contributed by atoms with van der Waals surface area (Å²) in [6, 6.07) is 0. The number of alkyl halides is 8. The fourth-order valence-electron chi connectivity index (χ4n) is 7.06. The molecule has 0 aromatic carbocycles. The van der Waals surface area contributed by atoms with Gasteiger partial charge in [-0.05, 0) is 44.3 Å². The van der Waals surface area contributed by atoms with Crippen molar-refractivity contribution in [3.8, 4) is 0 Å². The van der Waals surface area contributed by atoms with Crippen molar-refractivity contribution in [1.82, 2.24) is 0 Å². The van der Waals surface area contributed by atoms with Gasteiger partial charge in [0, 0.05) is 25.1 Å². The topological polar surface area (TPSA) is 55.4 Å². The number of unbranched alkanes of at least 4 members (excludes halogenated alkanes) is 10. The number of hydrogen-bond acceptors (Lipinski definition) is 8. The van der Waals surface area contributed by atoms with Crippen LogP contribution < -0.4 is 0 Å². The molecule has 58 heavy (non-hydrogen) atoms. The third kappa shape index (κ3) is 19.3. The van der Waals surface area contributed by atoms with Crippen LogP contribution in [0, 0.1) is 5.92 Å². The number of halogens is 8. The lowest BCUT2D eigenvalue weighted by molar-refractivity contribution is -0.396. The first-order valence-electron chi connectivity index (χ1n) is 22.1. The molecule has 6 nitrogen and oxygen atoms in total. The molecule has 2 atom stereocenters. The van der Waals surface area contributed by atoms with E-state index in [1.54, 1.807) is 6.92 Å². The van der Waals surface area contributed by atoms with Gasteiger partial charge in [0.2, 0.25) is 0 Å². The Kier molecular flexibility index (Phi) is 26.0. The van der Waals surface area contributed by atoms with E-state index in [1.807, 2.05) is 6.92 Å². The van der Waals surface area contributed by atoms with Crippen molar-refractivity contribution in [2.75, 3.05) is 44.2 Å². The quantitative estimate of drug-likeness (QED) is 0.0274. The molecule has 0 amide bonds.